The summed E-state index contributed by atoms with van der Waals surface area (Å²) in [6.45, 7) is 2.71. The Morgan fingerprint density at radius 1 is 1.06 bits per heavy atom. The number of hydrogen-bond donors (Lipinski definition) is 2. The Kier molecular flexibility index (Phi) is 5.48. The Bertz CT molecular complexity index is 1200. The highest BCUT2D eigenvalue weighted by Crippen LogP contribution is 2.32. The lowest BCUT2D eigenvalue weighted by Gasteiger charge is -2.20. The molecule has 5 rings (SSSR count). The highest BCUT2D eigenvalue weighted by Gasteiger charge is 2.41. The summed E-state index contributed by atoms with van der Waals surface area (Å²) in [6, 6.07) is 12.4. The number of thiazole rings is 1. The molecule has 0 bridgehead atoms. The Morgan fingerprint density at radius 3 is 2.69 bits per heavy atom. The van der Waals surface area contributed by atoms with E-state index in [0.29, 0.717) is 18.7 Å². The molecule has 0 radical (unpaired) electrons. The normalized spacial score (nSPS) is 21.8. The van der Waals surface area contributed by atoms with Crippen LogP contribution in [0.15, 0.2) is 42.5 Å². The number of carbonyl (C=O) groups excluding carboxylic acids is 3. The smallest absolute Gasteiger partial charge is 0.251 e. The number of hydrogen-bond acceptors (Lipinski definition) is 6. The van der Waals surface area contributed by atoms with E-state index in [2.05, 4.69) is 23.6 Å². The molecule has 2 aromatic carbocycles. The van der Waals surface area contributed by atoms with Crippen molar-refractivity contribution in [3.8, 4) is 10.6 Å². The maximum atomic E-state index is 13.0. The van der Waals surface area contributed by atoms with Crippen LogP contribution >= 0.6 is 11.3 Å². The van der Waals surface area contributed by atoms with E-state index in [1.54, 1.807) is 23.5 Å². The predicted octanol–water partition coefficient (Wildman–Crippen LogP) is 3.16. The van der Waals surface area contributed by atoms with E-state index < -0.39 is 12.1 Å². The summed E-state index contributed by atoms with van der Waals surface area (Å²) in [5.74, 6) is -0.670. The quantitative estimate of drug-likeness (QED) is 0.599. The molecule has 2 aliphatic rings. The van der Waals surface area contributed by atoms with Crippen molar-refractivity contribution < 1.29 is 14.4 Å². The first-order valence-electron chi connectivity index (χ1n) is 10.9. The molecule has 2 N–H and O–H groups in total. The van der Waals surface area contributed by atoms with Gasteiger partial charge in [-0.05, 0) is 68.1 Å². The van der Waals surface area contributed by atoms with E-state index in [1.807, 2.05) is 24.3 Å². The maximum Gasteiger partial charge on any atom is 0.251 e. The number of imide groups is 1. The average Bonchev–Trinajstić information content (AvgIpc) is 3.24. The molecule has 2 saturated heterocycles. The number of aromatic nitrogens is 1. The fourth-order valence-electron chi connectivity index (χ4n) is 4.28. The van der Waals surface area contributed by atoms with Crippen LogP contribution in [0, 0.1) is 6.92 Å². The lowest BCUT2D eigenvalue weighted by molar-refractivity contribution is -0.123. The van der Waals surface area contributed by atoms with Crippen LogP contribution in [-0.4, -0.2) is 41.3 Å². The molecule has 2 aliphatic heterocycles. The highest BCUT2D eigenvalue weighted by atomic mass is 32.1. The molecule has 1 aromatic heterocycles. The molecule has 32 heavy (non-hydrogen) atoms. The largest absolute Gasteiger partial charge is 0.355 e. The minimum absolute atomic E-state index is 0.0571. The Hall–Kier alpha value is -3.10. The molecular weight excluding hydrogens is 424 g/mol. The molecule has 3 amide bonds. The van der Waals surface area contributed by atoms with Gasteiger partial charge >= 0.3 is 0 Å². The maximum absolute atomic E-state index is 13.0. The number of fused-ring (bicyclic) bond motifs is 1. The fourth-order valence-corrected chi connectivity index (χ4v) is 5.35. The van der Waals surface area contributed by atoms with Crippen LogP contribution in [0.1, 0.15) is 31.2 Å². The zero-order valence-electron chi connectivity index (χ0n) is 17.8. The molecule has 2 fully saturated rings. The van der Waals surface area contributed by atoms with Crippen LogP contribution in [0.2, 0.25) is 0 Å². The summed E-state index contributed by atoms with van der Waals surface area (Å²) in [6.07, 6.45) is 2.55. The van der Waals surface area contributed by atoms with Crippen LogP contribution in [-0.2, 0) is 14.4 Å². The molecule has 2 atom stereocenters. The number of nitrogens with zero attached hydrogens (tertiary/aromatic N) is 2. The van der Waals surface area contributed by atoms with Crippen LogP contribution in [0.5, 0.6) is 0 Å². The number of carbonyl (C=O) groups is 3. The monoisotopic (exact) mass is 448 g/mol. The lowest BCUT2D eigenvalue weighted by atomic mass is 10.1. The van der Waals surface area contributed by atoms with E-state index in [1.165, 1.54) is 10.5 Å². The summed E-state index contributed by atoms with van der Waals surface area (Å²) in [7, 11) is 0. The molecule has 3 aromatic rings. The third kappa shape index (κ3) is 3.91. The van der Waals surface area contributed by atoms with Gasteiger partial charge in [0.2, 0.25) is 11.8 Å². The van der Waals surface area contributed by atoms with E-state index in [-0.39, 0.29) is 24.1 Å². The fraction of sp³-hybridized carbons (Fsp3) is 0.333. The van der Waals surface area contributed by atoms with Gasteiger partial charge in [0.15, 0.2) is 0 Å². The van der Waals surface area contributed by atoms with Gasteiger partial charge in [0, 0.05) is 12.1 Å². The van der Waals surface area contributed by atoms with Crippen LogP contribution in [0.4, 0.5) is 5.69 Å². The number of anilines is 1. The van der Waals surface area contributed by atoms with E-state index in [9.17, 15) is 14.4 Å². The van der Waals surface area contributed by atoms with Gasteiger partial charge in [-0.1, -0.05) is 6.07 Å². The minimum Gasteiger partial charge on any atom is -0.355 e. The highest BCUT2D eigenvalue weighted by molar-refractivity contribution is 7.21. The molecule has 3 heterocycles. The second-order valence-electron chi connectivity index (χ2n) is 8.37. The van der Waals surface area contributed by atoms with Crippen LogP contribution in [0.3, 0.4) is 0 Å². The van der Waals surface area contributed by atoms with Crippen LogP contribution < -0.4 is 15.5 Å². The summed E-state index contributed by atoms with van der Waals surface area (Å²) in [5.41, 5.74) is 3.63. The molecule has 7 nitrogen and oxygen atoms in total. The second-order valence-corrected chi connectivity index (χ2v) is 9.40. The van der Waals surface area contributed by atoms with Crippen molar-refractivity contribution >= 4 is 45.0 Å². The summed E-state index contributed by atoms with van der Waals surface area (Å²) >= 11 is 1.62. The van der Waals surface area contributed by atoms with Crippen LogP contribution in [0.25, 0.3) is 20.8 Å². The lowest BCUT2D eigenvalue weighted by Crippen LogP contribution is -2.50. The van der Waals surface area contributed by atoms with Crippen molar-refractivity contribution in [1.29, 1.82) is 0 Å². The van der Waals surface area contributed by atoms with E-state index >= 15 is 0 Å². The second kappa shape index (κ2) is 8.44. The third-order valence-corrected chi connectivity index (χ3v) is 7.07. The number of rotatable bonds is 4. The van der Waals surface area contributed by atoms with Gasteiger partial charge in [-0.2, -0.15) is 0 Å². The van der Waals surface area contributed by atoms with Gasteiger partial charge in [-0.15, -0.1) is 11.3 Å². The predicted molar refractivity (Wildman–Crippen MR) is 124 cm³/mol. The third-order valence-electron chi connectivity index (χ3n) is 6.00. The summed E-state index contributed by atoms with van der Waals surface area (Å²) < 4.78 is 1.13. The first kappa shape index (κ1) is 20.8. The van der Waals surface area contributed by atoms with Gasteiger partial charge in [-0.25, -0.2) is 9.88 Å². The standard InChI is InChI=1S/C24H24N4O3S/c1-14-5-10-17-20(12-14)32-23(27-17)15-6-8-16(9-7-15)28-21(29)13-19(24(28)31)26-18-4-2-3-11-25-22(18)30/h5-10,12,18-19,26H,2-4,11,13H2,1H3,(H,25,30). The number of nitrogens with one attached hydrogen (secondary N) is 2. The zero-order valence-corrected chi connectivity index (χ0v) is 18.6. The molecule has 2 unspecified atom stereocenters. The van der Waals surface area contributed by atoms with E-state index in [4.69, 9.17) is 4.98 Å². The van der Waals surface area contributed by atoms with Crippen molar-refractivity contribution in [3.63, 3.8) is 0 Å². The minimum atomic E-state index is -0.677. The van der Waals surface area contributed by atoms with Crippen molar-refractivity contribution in [1.82, 2.24) is 15.6 Å². The molecule has 0 spiro atoms. The van der Waals surface area contributed by atoms with Gasteiger partial charge < -0.3 is 5.32 Å². The first-order chi connectivity index (χ1) is 15.5. The SMILES string of the molecule is Cc1ccc2nc(-c3ccc(N4C(=O)CC(NC5CCCCNC5=O)C4=O)cc3)sc2c1. The molecular formula is C24H24N4O3S. The number of aryl methyl sites for hydroxylation is 1. The summed E-state index contributed by atoms with van der Waals surface area (Å²) in [4.78, 5) is 43.8. The molecule has 0 saturated carbocycles. The number of amides is 3. The van der Waals surface area contributed by atoms with Crippen molar-refractivity contribution in [2.75, 3.05) is 11.4 Å². The van der Waals surface area contributed by atoms with Gasteiger partial charge in [0.25, 0.3) is 5.91 Å². The Morgan fingerprint density at radius 2 is 1.88 bits per heavy atom. The molecule has 164 valence electrons. The van der Waals surface area contributed by atoms with Gasteiger partial charge in [-0.3, -0.25) is 19.7 Å². The Balaban J connectivity index is 1.33. The van der Waals surface area contributed by atoms with E-state index in [0.717, 1.165) is 33.6 Å². The van der Waals surface area contributed by atoms with Crippen molar-refractivity contribution in [2.24, 2.45) is 0 Å². The molecule has 0 aliphatic carbocycles. The topological polar surface area (TPSA) is 91.4 Å². The zero-order chi connectivity index (χ0) is 22.2. The molecule has 8 heteroatoms. The average molecular weight is 449 g/mol. The number of benzene rings is 2. The first-order valence-corrected chi connectivity index (χ1v) is 11.7. The summed E-state index contributed by atoms with van der Waals surface area (Å²) in [5, 5.41) is 6.87. The van der Waals surface area contributed by atoms with Gasteiger partial charge in [0.05, 0.1) is 34.4 Å². The van der Waals surface area contributed by atoms with Crippen molar-refractivity contribution in [3.05, 3.63) is 48.0 Å². The Labute approximate surface area is 189 Å². The van der Waals surface area contributed by atoms with Crippen molar-refractivity contribution in [2.45, 2.75) is 44.7 Å². The van der Waals surface area contributed by atoms with Gasteiger partial charge in [0.1, 0.15) is 5.01 Å².